The molecule has 3 aromatic heterocycles. The van der Waals surface area contributed by atoms with Crippen LogP contribution in [0.15, 0.2) is 41.5 Å². The van der Waals surface area contributed by atoms with Gasteiger partial charge in [-0.2, -0.15) is 5.10 Å². The van der Waals surface area contributed by atoms with Crippen LogP contribution in [0.4, 0.5) is 5.82 Å². The Labute approximate surface area is 148 Å². The van der Waals surface area contributed by atoms with Gasteiger partial charge in [0.25, 0.3) is 0 Å². The van der Waals surface area contributed by atoms with Crippen molar-refractivity contribution in [3.8, 4) is 0 Å². The SMILES string of the molecule is CCc1cnc(C2=CCN(c3ncnn4cc(Br)cc34)CC2)nc1. The Morgan fingerprint density at radius 3 is 2.75 bits per heavy atom. The molecule has 4 heterocycles. The number of aryl methyl sites for hydroxylation is 1. The number of hydrogen-bond donors (Lipinski definition) is 0. The molecular weight excluding hydrogens is 368 g/mol. The van der Waals surface area contributed by atoms with Crippen LogP contribution in [0.2, 0.25) is 0 Å². The minimum Gasteiger partial charge on any atom is -0.351 e. The Kier molecular flexibility index (Phi) is 4.02. The lowest BCUT2D eigenvalue weighted by Crippen LogP contribution is -2.29. The summed E-state index contributed by atoms with van der Waals surface area (Å²) in [6.07, 6.45) is 11.4. The van der Waals surface area contributed by atoms with Crippen molar-refractivity contribution in [2.24, 2.45) is 0 Å². The van der Waals surface area contributed by atoms with Crippen LogP contribution in [0.5, 0.6) is 0 Å². The third kappa shape index (κ3) is 2.80. The van der Waals surface area contributed by atoms with Crippen LogP contribution in [0.25, 0.3) is 11.1 Å². The Morgan fingerprint density at radius 2 is 2.04 bits per heavy atom. The fourth-order valence-corrected chi connectivity index (χ4v) is 3.31. The van der Waals surface area contributed by atoms with Gasteiger partial charge in [0.15, 0.2) is 11.6 Å². The quantitative estimate of drug-likeness (QED) is 0.693. The number of rotatable bonds is 3. The Balaban J connectivity index is 1.59. The first-order valence-corrected chi connectivity index (χ1v) is 8.78. The highest BCUT2D eigenvalue weighted by molar-refractivity contribution is 9.10. The van der Waals surface area contributed by atoms with Crippen molar-refractivity contribution >= 4 is 32.8 Å². The fourth-order valence-electron chi connectivity index (χ4n) is 2.90. The van der Waals surface area contributed by atoms with Crippen LogP contribution in [-0.2, 0) is 6.42 Å². The number of fused-ring (bicyclic) bond motifs is 1. The summed E-state index contributed by atoms with van der Waals surface area (Å²) in [6, 6.07) is 2.04. The maximum atomic E-state index is 4.49. The molecule has 0 radical (unpaired) electrons. The molecule has 0 bridgehead atoms. The van der Waals surface area contributed by atoms with E-state index in [4.69, 9.17) is 0 Å². The number of nitrogens with zero attached hydrogens (tertiary/aromatic N) is 6. The van der Waals surface area contributed by atoms with Gasteiger partial charge in [-0.1, -0.05) is 13.0 Å². The third-order valence-corrected chi connectivity index (χ3v) is 4.70. The van der Waals surface area contributed by atoms with E-state index in [9.17, 15) is 0 Å². The van der Waals surface area contributed by atoms with E-state index in [2.05, 4.69) is 53.9 Å². The van der Waals surface area contributed by atoms with Crippen molar-refractivity contribution in [3.63, 3.8) is 0 Å². The molecule has 0 unspecified atom stereocenters. The van der Waals surface area contributed by atoms with Gasteiger partial charge in [0.05, 0.1) is 0 Å². The summed E-state index contributed by atoms with van der Waals surface area (Å²) in [5, 5.41) is 4.25. The predicted octanol–water partition coefficient (Wildman–Crippen LogP) is 3.14. The monoisotopic (exact) mass is 384 g/mol. The highest BCUT2D eigenvalue weighted by Gasteiger charge is 2.18. The summed E-state index contributed by atoms with van der Waals surface area (Å²) in [5.41, 5.74) is 3.37. The molecule has 4 rings (SSSR count). The Bertz CT molecular complexity index is 899. The maximum absolute atomic E-state index is 4.49. The second-order valence-corrected chi connectivity index (χ2v) is 6.68. The van der Waals surface area contributed by atoms with Crippen LogP contribution < -0.4 is 4.90 Å². The second-order valence-electron chi connectivity index (χ2n) is 5.77. The molecule has 0 saturated heterocycles. The van der Waals surface area contributed by atoms with Gasteiger partial charge in [-0.05, 0) is 46.0 Å². The molecule has 0 N–H and O–H groups in total. The molecule has 0 atom stereocenters. The summed E-state index contributed by atoms with van der Waals surface area (Å²) >= 11 is 3.50. The van der Waals surface area contributed by atoms with E-state index in [-0.39, 0.29) is 0 Å². The van der Waals surface area contributed by atoms with Crippen molar-refractivity contribution in [2.45, 2.75) is 19.8 Å². The first-order chi connectivity index (χ1) is 11.7. The normalized spacial score (nSPS) is 14.9. The van der Waals surface area contributed by atoms with E-state index in [0.717, 1.165) is 47.6 Å². The van der Waals surface area contributed by atoms with Gasteiger partial charge < -0.3 is 4.90 Å². The highest BCUT2D eigenvalue weighted by Crippen LogP contribution is 2.27. The lowest BCUT2D eigenvalue weighted by atomic mass is 10.1. The summed E-state index contributed by atoms with van der Waals surface area (Å²) in [6.45, 7) is 3.79. The van der Waals surface area contributed by atoms with Gasteiger partial charge in [-0.25, -0.2) is 19.5 Å². The van der Waals surface area contributed by atoms with E-state index in [0.29, 0.717) is 0 Å². The Morgan fingerprint density at radius 1 is 1.21 bits per heavy atom. The fraction of sp³-hybridized carbons (Fsp3) is 0.294. The molecule has 1 aliphatic heterocycles. The van der Waals surface area contributed by atoms with Crippen LogP contribution in [0.3, 0.4) is 0 Å². The predicted molar refractivity (Wildman–Crippen MR) is 96.9 cm³/mol. The Hall–Kier alpha value is -2.28. The molecule has 6 nitrogen and oxygen atoms in total. The van der Waals surface area contributed by atoms with Crippen molar-refractivity contribution in [1.29, 1.82) is 0 Å². The van der Waals surface area contributed by atoms with Crippen LogP contribution in [-0.4, -0.2) is 37.7 Å². The third-order valence-electron chi connectivity index (χ3n) is 4.26. The van der Waals surface area contributed by atoms with E-state index in [1.165, 1.54) is 11.1 Å². The first-order valence-electron chi connectivity index (χ1n) is 7.98. The second kappa shape index (κ2) is 6.32. The molecular formula is C17H17BrN6. The summed E-state index contributed by atoms with van der Waals surface area (Å²) in [5.74, 6) is 1.79. The van der Waals surface area contributed by atoms with Gasteiger partial charge in [0, 0.05) is 36.2 Å². The van der Waals surface area contributed by atoms with Crippen LogP contribution >= 0.6 is 15.9 Å². The lowest BCUT2D eigenvalue weighted by molar-refractivity contribution is 0.793. The zero-order chi connectivity index (χ0) is 16.5. The number of aromatic nitrogens is 5. The molecule has 122 valence electrons. The van der Waals surface area contributed by atoms with Gasteiger partial charge in [-0.15, -0.1) is 0 Å². The molecule has 24 heavy (non-hydrogen) atoms. The topological polar surface area (TPSA) is 59.2 Å². The van der Waals surface area contributed by atoms with Crippen molar-refractivity contribution in [2.75, 3.05) is 18.0 Å². The lowest BCUT2D eigenvalue weighted by Gasteiger charge is -2.27. The van der Waals surface area contributed by atoms with Gasteiger partial charge in [0.2, 0.25) is 0 Å². The van der Waals surface area contributed by atoms with Crippen molar-refractivity contribution in [1.82, 2.24) is 24.6 Å². The molecule has 1 aliphatic rings. The summed E-state index contributed by atoms with van der Waals surface area (Å²) < 4.78 is 2.85. The molecule has 0 amide bonds. The van der Waals surface area contributed by atoms with E-state index >= 15 is 0 Å². The zero-order valence-electron chi connectivity index (χ0n) is 13.4. The largest absolute Gasteiger partial charge is 0.351 e. The summed E-state index contributed by atoms with van der Waals surface area (Å²) in [4.78, 5) is 15.7. The van der Waals surface area contributed by atoms with Crippen LogP contribution in [0, 0.1) is 0 Å². The number of halogens is 1. The van der Waals surface area contributed by atoms with Gasteiger partial charge >= 0.3 is 0 Å². The number of anilines is 1. The van der Waals surface area contributed by atoms with Gasteiger partial charge in [-0.3, -0.25) is 0 Å². The van der Waals surface area contributed by atoms with Crippen molar-refractivity contribution in [3.05, 3.63) is 52.9 Å². The molecule has 3 aromatic rings. The van der Waals surface area contributed by atoms with E-state index in [1.807, 2.05) is 29.2 Å². The smallest absolute Gasteiger partial charge is 0.156 e. The van der Waals surface area contributed by atoms with E-state index in [1.54, 1.807) is 6.33 Å². The molecule has 0 aliphatic carbocycles. The minimum atomic E-state index is 0.795. The molecule has 0 saturated carbocycles. The standard InChI is InChI=1S/C17H17BrN6/c1-2-12-8-19-16(20-9-12)13-3-5-23(6-4-13)17-15-7-14(18)10-24(15)22-11-21-17/h3,7-11H,2,4-6H2,1H3. The maximum Gasteiger partial charge on any atom is 0.156 e. The minimum absolute atomic E-state index is 0.795. The van der Waals surface area contributed by atoms with Crippen molar-refractivity contribution < 1.29 is 0 Å². The molecule has 0 spiro atoms. The van der Waals surface area contributed by atoms with Crippen LogP contribution in [0.1, 0.15) is 24.7 Å². The molecule has 0 aromatic carbocycles. The van der Waals surface area contributed by atoms with E-state index < -0.39 is 0 Å². The molecule has 7 heteroatoms. The average molecular weight is 385 g/mol. The van der Waals surface area contributed by atoms with Gasteiger partial charge in [0.1, 0.15) is 11.8 Å². The average Bonchev–Trinajstić information content (AvgIpc) is 3.02. The summed E-state index contributed by atoms with van der Waals surface area (Å²) in [7, 11) is 0. The first kappa shape index (κ1) is 15.3. The number of hydrogen-bond acceptors (Lipinski definition) is 5. The highest BCUT2D eigenvalue weighted by atomic mass is 79.9. The zero-order valence-corrected chi connectivity index (χ0v) is 14.9. The molecule has 0 fully saturated rings.